The van der Waals surface area contributed by atoms with Crippen LogP contribution in [0.2, 0.25) is 0 Å². The molecule has 4 nitrogen and oxygen atoms in total. The van der Waals surface area contributed by atoms with Crippen molar-refractivity contribution < 1.29 is 4.79 Å². The Morgan fingerprint density at radius 1 is 1.06 bits per heavy atom. The van der Waals surface area contributed by atoms with Gasteiger partial charge in [0, 0.05) is 18.6 Å². The van der Waals surface area contributed by atoms with E-state index in [1.165, 1.54) is 45.2 Å². The van der Waals surface area contributed by atoms with Crippen LogP contribution in [0.15, 0.2) is 0 Å². The molecule has 0 aliphatic carbocycles. The summed E-state index contributed by atoms with van der Waals surface area (Å²) in [5.41, 5.74) is 0. The van der Waals surface area contributed by atoms with Crippen LogP contribution in [0.25, 0.3) is 0 Å². The van der Waals surface area contributed by atoms with Gasteiger partial charge >= 0.3 is 0 Å². The summed E-state index contributed by atoms with van der Waals surface area (Å²) in [5.74, 6) is 0.246. The second kappa shape index (κ2) is 5.57. The Kier molecular flexibility index (Phi) is 3.85. The summed E-state index contributed by atoms with van der Waals surface area (Å²) in [4.78, 5) is 14.9. The zero-order valence-electron chi connectivity index (χ0n) is 11.2. The maximum atomic E-state index is 12.3. The predicted octanol–water partition coefficient (Wildman–Crippen LogP) is 0.871. The second-order valence-corrected chi connectivity index (χ2v) is 6.01. The third-order valence-corrected chi connectivity index (χ3v) is 4.81. The molecular weight excluding hydrogens is 226 g/mol. The first-order chi connectivity index (χ1) is 8.84. The lowest BCUT2D eigenvalue weighted by Crippen LogP contribution is -2.50. The molecule has 2 N–H and O–H groups in total. The Hall–Kier alpha value is -0.610. The fraction of sp³-hybridized carbons (Fsp3) is 0.929. The highest BCUT2D eigenvalue weighted by Gasteiger charge is 2.38. The molecule has 0 aromatic rings. The van der Waals surface area contributed by atoms with Crippen LogP contribution in [0.5, 0.6) is 0 Å². The van der Waals surface area contributed by atoms with E-state index in [4.69, 9.17) is 0 Å². The van der Waals surface area contributed by atoms with Gasteiger partial charge in [0.25, 0.3) is 0 Å². The van der Waals surface area contributed by atoms with E-state index in [0.29, 0.717) is 12.1 Å². The standard InChI is InChI=1S/C14H25N3O/c18-14(12-5-2-1-3-8-15-12)16-11-7-10-17-9-4-6-13(11)17/h11-13,15H,1-10H2,(H,16,18). The fourth-order valence-corrected chi connectivity index (χ4v) is 3.79. The van der Waals surface area contributed by atoms with Gasteiger partial charge in [-0.3, -0.25) is 9.69 Å². The van der Waals surface area contributed by atoms with Crippen molar-refractivity contribution in [2.45, 2.75) is 63.1 Å². The van der Waals surface area contributed by atoms with Crippen LogP contribution in [0.1, 0.15) is 44.9 Å². The molecule has 1 amide bonds. The van der Waals surface area contributed by atoms with Crippen molar-refractivity contribution in [2.75, 3.05) is 19.6 Å². The molecule has 3 rings (SSSR count). The van der Waals surface area contributed by atoms with E-state index >= 15 is 0 Å². The molecule has 0 bridgehead atoms. The normalized spacial score (nSPS) is 37.2. The minimum absolute atomic E-state index is 0.0583. The number of fused-ring (bicyclic) bond motifs is 1. The molecule has 3 unspecified atom stereocenters. The van der Waals surface area contributed by atoms with Gasteiger partial charge in [-0.05, 0) is 45.2 Å². The van der Waals surface area contributed by atoms with Gasteiger partial charge in [-0.25, -0.2) is 0 Å². The molecule has 3 aliphatic rings. The first-order valence-corrected chi connectivity index (χ1v) is 7.62. The summed E-state index contributed by atoms with van der Waals surface area (Å²) in [6, 6.07) is 1.09. The highest BCUT2D eigenvalue weighted by molar-refractivity contribution is 5.82. The average Bonchev–Trinajstić information content (AvgIpc) is 2.85. The van der Waals surface area contributed by atoms with Crippen LogP contribution < -0.4 is 10.6 Å². The second-order valence-electron chi connectivity index (χ2n) is 6.01. The van der Waals surface area contributed by atoms with Crippen LogP contribution in [0.4, 0.5) is 0 Å². The summed E-state index contributed by atoms with van der Waals surface area (Å²) in [5, 5.41) is 6.69. The molecule has 0 aromatic carbocycles. The maximum absolute atomic E-state index is 12.3. The van der Waals surface area contributed by atoms with E-state index in [0.717, 1.165) is 19.4 Å². The Bertz CT molecular complexity index is 299. The Balaban J connectivity index is 1.53. The van der Waals surface area contributed by atoms with Crippen molar-refractivity contribution in [1.82, 2.24) is 15.5 Å². The Morgan fingerprint density at radius 3 is 2.94 bits per heavy atom. The first-order valence-electron chi connectivity index (χ1n) is 7.62. The quantitative estimate of drug-likeness (QED) is 0.765. The smallest absolute Gasteiger partial charge is 0.237 e. The predicted molar refractivity (Wildman–Crippen MR) is 71.4 cm³/mol. The Morgan fingerprint density at radius 2 is 2.00 bits per heavy atom. The summed E-state index contributed by atoms with van der Waals surface area (Å²) < 4.78 is 0. The van der Waals surface area contributed by atoms with Gasteiger partial charge in [-0.15, -0.1) is 0 Å². The van der Waals surface area contributed by atoms with Gasteiger partial charge in [0.15, 0.2) is 0 Å². The van der Waals surface area contributed by atoms with Crippen molar-refractivity contribution in [2.24, 2.45) is 0 Å². The number of carbonyl (C=O) groups excluding carboxylic acids is 1. The monoisotopic (exact) mass is 251 g/mol. The molecule has 0 saturated carbocycles. The van der Waals surface area contributed by atoms with Crippen molar-refractivity contribution in [3.05, 3.63) is 0 Å². The molecule has 0 radical (unpaired) electrons. The molecule has 3 saturated heterocycles. The molecule has 4 heteroatoms. The van der Waals surface area contributed by atoms with Crippen LogP contribution in [-0.4, -0.2) is 48.6 Å². The van der Waals surface area contributed by atoms with Crippen LogP contribution >= 0.6 is 0 Å². The maximum Gasteiger partial charge on any atom is 0.237 e. The number of rotatable bonds is 2. The van der Waals surface area contributed by atoms with Crippen LogP contribution in [0, 0.1) is 0 Å². The third kappa shape index (κ3) is 2.54. The van der Waals surface area contributed by atoms with E-state index in [-0.39, 0.29) is 11.9 Å². The van der Waals surface area contributed by atoms with Gasteiger partial charge in [0.05, 0.1) is 6.04 Å². The van der Waals surface area contributed by atoms with E-state index in [1.54, 1.807) is 0 Å². The SMILES string of the molecule is O=C(NC1CCN2CCCC12)C1CCCCCN1. The molecule has 18 heavy (non-hydrogen) atoms. The number of nitrogens with one attached hydrogen (secondary N) is 2. The highest BCUT2D eigenvalue weighted by Crippen LogP contribution is 2.28. The lowest BCUT2D eigenvalue weighted by atomic mass is 10.0. The van der Waals surface area contributed by atoms with Crippen molar-refractivity contribution in [3.63, 3.8) is 0 Å². The number of nitrogens with zero attached hydrogens (tertiary/aromatic N) is 1. The minimum Gasteiger partial charge on any atom is -0.350 e. The zero-order chi connectivity index (χ0) is 12.4. The largest absolute Gasteiger partial charge is 0.350 e. The van der Waals surface area contributed by atoms with E-state index in [1.807, 2.05) is 0 Å². The van der Waals surface area contributed by atoms with Crippen LogP contribution in [0.3, 0.4) is 0 Å². The van der Waals surface area contributed by atoms with E-state index < -0.39 is 0 Å². The molecule has 3 fully saturated rings. The number of hydrogen-bond acceptors (Lipinski definition) is 3. The number of hydrogen-bond donors (Lipinski definition) is 2. The first kappa shape index (κ1) is 12.4. The average molecular weight is 251 g/mol. The Labute approximate surface area is 109 Å². The van der Waals surface area contributed by atoms with Crippen molar-refractivity contribution in [3.8, 4) is 0 Å². The summed E-state index contributed by atoms with van der Waals surface area (Å²) >= 11 is 0. The fourth-order valence-electron chi connectivity index (χ4n) is 3.79. The topological polar surface area (TPSA) is 44.4 Å². The third-order valence-electron chi connectivity index (χ3n) is 4.81. The van der Waals surface area contributed by atoms with Gasteiger partial charge < -0.3 is 10.6 Å². The molecule has 3 heterocycles. The highest BCUT2D eigenvalue weighted by atomic mass is 16.2. The van der Waals surface area contributed by atoms with E-state index in [2.05, 4.69) is 15.5 Å². The van der Waals surface area contributed by atoms with Gasteiger partial charge in [-0.2, -0.15) is 0 Å². The lowest BCUT2D eigenvalue weighted by Gasteiger charge is -2.24. The molecule has 3 atom stereocenters. The summed E-state index contributed by atoms with van der Waals surface area (Å²) in [6.45, 7) is 3.41. The minimum atomic E-state index is 0.0583. The van der Waals surface area contributed by atoms with Crippen LogP contribution in [-0.2, 0) is 4.79 Å². The summed E-state index contributed by atoms with van der Waals surface area (Å²) in [7, 11) is 0. The number of carbonyl (C=O) groups is 1. The zero-order valence-corrected chi connectivity index (χ0v) is 11.2. The molecule has 0 spiro atoms. The molecule has 3 aliphatic heterocycles. The number of amides is 1. The summed E-state index contributed by atoms with van der Waals surface area (Å²) in [6.07, 6.45) is 8.38. The lowest BCUT2D eigenvalue weighted by molar-refractivity contribution is -0.124. The van der Waals surface area contributed by atoms with Gasteiger partial charge in [-0.1, -0.05) is 12.8 Å². The molecule has 102 valence electrons. The van der Waals surface area contributed by atoms with Crippen molar-refractivity contribution in [1.29, 1.82) is 0 Å². The van der Waals surface area contributed by atoms with E-state index in [9.17, 15) is 4.79 Å². The van der Waals surface area contributed by atoms with Crippen molar-refractivity contribution >= 4 is 5.91 Å². The van der Waals surface area contributed by atoms with Gasteiger partial charge in [0.1, 0.15) is 0 Å². The van der Waals surface area contributed by atoms with Gasteiger partial charge in [0.2, 0.25) is 5.91 Å². The molecular formula is C14H25N3O. The molecule has 0 aromatic heterocycles.